The molecule has 0 atom stereocenters. The van der Waals surface area contributed by atoms with E-state index in [0.717, 1.165) is 23.4 Å². The predicted octanol–water partition coefficient (Wildman–Crippen LogP) is 3.52. The molecule has 2 aromatic rings. The van der Waals surface area contributed by atoms with Crippen LogP contribution in [0.5, 0.6) is 6.01 Å². The van der Waals surface area contributed by atoms with Gasteiger partial charge in [-0.2, -0.15) is 0 Å². The van der Waals surface area contributed by atoms with Gasteiger partial charge in [-0.05, 0) is 13.0 Å². The van der Waals surface area contributed by atoms with Gasteiger partial charge in [-0.15, -0.1) is 0 Å². The van der Waals surface area contributed by atoms with E-state index in [1.165, 1.54) is 0 Å². The van der Waals surface area contributed by atoms with Crippen LogP contribution in [0, 0.1) is 6.92 Å². The number of aromatic nitrogens is 2. The highest BCUT2D eigenvalue weighted by atomic mass is 35.5. The monoisotopic (exact) mass is 305 g/mol. The summed E-state index contributed by atoms with van der Waals surface area (Å²) in [5, 5.41) is 4.04. The minimum absolute atomic E-state index is 0.364. The molecule has 0 aliphatic heterocycles. The first-order valence-electron chi connectivity index (χ1n) is 6.98. The van der Waals surface area contributed by atoms with E-state index in [-0.39, 0.29) is 0 Å². The Morgan fingerprint density at radius 3 is 2.67 bits per heavy atom. The van der Waals surface area contributed by atoms with Gasteiger partial charge in [-0.1, -0.05) is 43.6 Å². The van der Waals surface area contributed by atoms with Crippen LogP contribution in [-0.4, -0.2) is 16.0 Å². The van der Waals surface area contributed by atoms with Gasteiger partial charge >= 0.3 is 6.01 Å². The predicted molar refractivity (Wildman–Crippen MR) is 84.5 cm³/mol. The number of benzene rings is 1. The van der Waals surface area contributed by atoms with Crippen LogP contribution in [0.2, 0.25) is 5.02 Å². The van der Waals surface area contributed by atoms with Crippen molar-refractivity contribution >= 4 is 11.6 Å². The summed E-state index contributed by atoms with van der Waals surface area (Å²) >= 11 is 6.09. The van der Waals surface area contributed by atoms with Gasteiger partial charge in [0.15, 0.2) is 0 Å². The summed E-state index contributed by atoms with van der Waals surface area (Å²) in [5.41, 5.74) is 2.92. The Labute approximate surface area is 130 Å². The Bertz CT molecular complexity index is 602. The van der Waals surface area contributed by atoms with E-state index in [2.05, 4.69) is 29.1 Å². The van der Waals surface area contributed by atoms with Gasteiger partial charge in [0.1, 0.15) is 6.61 Å². The van der Waals surface area contributed by atoms with Crippen molar-refractivity contribution in [3.63, 3.8) is 0 Å². The van der Waals surface area contributed by atoms with Crippen molar-refractivity contribution in [3.8, 4) is 6.01 Å². The fourth-order valence-electron chi connectivity index (χ4n) is 1.79. The first kappa shape index (κ1) is 15.7. The molecule has 1 aromatic carbocycles. The standard InChI is InChI=1S/C16H20ClN3O/c1-11(2)18-8-14-9-19-16(20-12(14)3)21-10-13-6-4-5-7-15(13)17/h4-7,9,11,18H,8,10H2,1-3H3. The lowest BCUT2D eigenvalue weighted by Gasteiger charge is -2.11. The van der Waals surface area contributed by atoms with E-state index in [9.17, 15) is 0 Å². The molecule has 2 rings (SSSR count). The van der Waals surface area contributed by atoms with E-state index >= 15 is 0 Å². The zero-order valence-electron chi connectivity index (χ0n) is 12.6. The molecule has 0 fully saturated rings. The number of hydrogen-bond acceptors (Lipinski definition) is 4. The molecule has 0 unspecified atom stereocenters. The normalized spacial score (nSPS) is 10.9. The van der Waals surface area contributed by atoms with Crippen molar-refractivity contribution in [1.29, 1.82) is 0 Å². The molecule has 0 spiro atoms. The Morgan fingerprint density at radius 1 is 1.24 bits per heavy atom. The van der Waals surface area contributed by atoms with Gasteiger partial charge in [0.2, 0.25) is 0 Å². The number of aryl methyl sites for hydroxylation is 1. The van der Waals surface area contributed by atoms with Crippen molar-refractivity contribution in [2.24, 2.45) is 0 Å². The second-order valence-corrected chi connectivity index (χ2v) is 5.59. The molecule has 0 saturated heterocycles. The van der Waals surface area contributed by atoms with Crippen molar-refractivity contribution in [2.75, 3.05) is 0 Å². The molecule has 0 aliphatic rings. The van der Waals surface area contributed by atoms with E-state index in [1.807, 2.05) is 31.2 Å². The number of nitrogens with zero attached hydrogens (tertiary/aromatic N) is 2. The summed E-state index contributed by atoms with van der Waals surface area (Å²) in [7, 11) is 0. The fraction of sp³-hybridized carbons (Fsp3) is 0.375. The summed E-state index contributed by atoms with van der Waals surface area (Å²) in [5.74, 6) is 0. The average molecular weight is 306 g/mol. The van der Waals surface area contributed by atoms with Crippen LogP contribution in [-0.2, 0) is 13.2 Å². The Kier molecular flexibility index (Phi) is 5.53. The van der Waals surface area contributed by atoms with Crippen LogP contribution >= 0.6 is 11.6 Å². The number of ether oxygens (including phenoxy) is 1. The summed E-state index contributed by atoms with van der Waals surface area (Å²) < 4.78 is 5.61. The third-order valence-corrected chi connectivity index (χ3v) is 3.44. The van der Waals surface area contributed by atoms with Gasteiger partial charge in [-0.3, -0.25) is 0 Å². The van der Waals surface area contributed by atoms with Gasteiger partial charge in [-0.25, -0.2) is 9.97 Å². The molecule has 0 aliphatic carbocycles. The largest absolute Gasteiger partial charge is 0.459 e. The Balaban J connectivity index is 1.99. The third kappa shape index (κ3) is 4.69. The van der Waals surface area contributed by atoms with Crippen LogP contribution in [0.3, 0.4) is 0 Å². The highest BCUT2D eigenvalue weighted by Crippen LogP contribution is 2.17. The minimum atomic E-state index is 0.364. The summed E-state index contributed by atoms with van der Waals surface area (Å²) in [4.78, 5) is 8.63. The van der Waals surface area contributed by atoms with E-state index in [0.29, 0.717) is 23.7 Å². The van der Waals surface area contributed by atoms with Crippen molar-refractivity contribution in [3.05, 3.63) is 52.3 Å². The van der Waals surface area contributed by atoms with Crippen molar-refractivity contribution < 1.29 is 4.74 Å². The summed E-state index contributed by atoms with van der Waals surface area (Å²) in [6.45, 7) is 7.30. The molecule has 0 amide bonds. The fourth-order valence-corrected chi connectivity index (χ4v) is 1.98. The molecule has 21 heavy (non-hydrogen) atoms. The maximum atomic E-state index is 6.09. The Morgan fingerprint density at radius 2 is 2.00 bits per heavy atom. The lowest BCUT2D eigenvalue weighted by Crippen LogP contribution is -2.22. The minimum Gasteiger partial charge on any atom is -0.459 e. The van der Waals surface area contributed by atoms with Crippen LogP contribution in [0.1, 0.15) is 30.7 Å². The maximum absolute atomic E-state index is 6.09. The molecule has 0 radical (unpaired) electrons. The highest BCUT2D eigenvalue weighted by molar-refractivity contribution is 6.31. The van der Waals surface area contributed by atoms with Crippen molar-refractivity contribution in [2.45, 2.75) is 40.0 Å². The topological polar surface area (TPSA) is 47.0 Å². The number of halogens is 1. The highest BCUT2D eigenvalue weighted by Gasteiger charge is 2.06. The second-order valence-electron chi connectivity index (χ2n) is 5.18. The lowest BCUT2D eigenvalue weighted by atomic mass is 10.2. The molecule has 1 aromatic heterocycles. The molecule has 0 saturated carbocycles. The molecular weight excluding hydrogens is 286 g/mol. The number of nitrogens with one attached hydrogen (secondary N) is 1. The molecular formula is C16H20ClN3O. The first-order chi connectivity index (χ1) is 10.1. The molecule has 0 bridgehead atoms. The zero-order chi connectivity index (χ0) is 15.2. The average Bonchev–Trinajstić information content (AvgIpc) is 2.45. The summed E-state index contributed by atoms with van der Waals surface area (Å²) in [6, 6.07) is 8.39. The van der Waals surface area contributed by atoms with Gasteiger partial charge in [0, 0.05) is 40.6 Å². The molecule has 1 heterocycles. The third-order valence-electron chi connectivity index (χ3n) is 3.07. The lowest BCUT2D eigenvalue weighted by molar-refractivity contribution is 0.279. The first-order valence-corrected chi connectivity index (χ1v) is 7.36. The van der Waals surface area contributed by atoms with Crippen LogP contribution in [0.15, 0.2) is 30.5 Å². The van der Waals surface area contributed by atoms with Crippen LogP contribution in [0.25, 0.3) is 0 Å². The van der Waals surface area contributed by atoms with Crippen LogP contribution < -0.4 is 10.1 Å². The molecule has 5 heteroatoms. The quantitative estimate of drug-likeness (QED) is 0.887. The molecule has 1 N–H and O–H groups in total. The van der Waals surface area contributed by atoms with Gasteiger partial charge in [0.25, 0.3) is 0 Å². The van der Waals surface area contributed by atoms with E-state index < -0.39 is 0 Å². The second kappa shape index (κ2) is 7.38. The Hall–Kier alpha value is -1.65. The zero-order valence-corrected chi connectivity index (χ0v) is 13.3. The SMILES string of the molecule is Cc1nc(OCc2ccccc2Cl)ncc1CNC(C)C. The van der Waals surface area contributed by atoms with E-state index in [1.54, 1.807) is 6.20 Å². The smallest absolute Gasteiger partial charge is 0.316 e. The van der Waals surface area contributed by atoms with Crippen LogP contribution in [0.4, 0.5) is 0 Å². The van der Waals surface area contributed by atoms with Gasteiger partial charge in [0.05, 0.1) is 0 Å². The molecule has 112 valence electrons. The molecule has 4 nitrogen and oxygen atoms in total. The number of rotatable bonds is 6. The summed E-state index contributed by atoms with van der Waals surface area (Å²) in [6.07, 6.45) is 1.81. The van der Waals surface area contributed by atoms with Crippen molar-refractivity contribution in [1.82, 2.24) is 15.3 Å². The van der Waals surface area contributed by atoms with Gasteiger partial charge < -0.3 is 10.1 Å². The van der Waals surface area contributed by atoms with E-state index in [4.69, 9.17) is 16.3 Å². The number of hydrogen-bond donors (Lipinski definition) is 1. The maximum Gasteiger partial charge on any atom is 0.316 e.